The Balaban J connectivity index is 1.05. The van der Waals surface area contributed by atoms with Crippen molar-refractivity contribution in [3.63, 3.8) is 0 Å². The first-order valence-electron chi connectivity index (χ1n) is 18.6. The average molecular weight is 720 g/mol. The van der Waals surface area contributed by atoms with E-state index >= 15 is 0 Å². The highest BCUT2D eigenvalue weighted by atomic mass is 15.0. The zero-order chi connectivity index (χ0) is 37.3. The number of rotatable bonds is 7. The number of allylic oxidation sites excluding steroid dienone is 4. The molecule has 7 nitrogen and oxygen atoms in total. The maximum Gasteiger partial charge on any atom is 0.163 e. The van der Waals surface area contributed by atoms with E-state index in [1.165, 1.54) is 5.57 Å². The summed E-state index contributed by atoms with van der Waals surface area (Å²) in [6, 6.07) is 53.4. The Labute approximate surface area is 323 Å². The summed E-state index contributed by atoms with van der Waals surface area (Å²) in [7, 11) is 0. The van der Waals surface area contributed by atoms with E-state index in [-0.39, 0.29) is 5.92 Å². The molecule has 1 unspecified atom stereocenters. The van der Waals surface area contributed by atoms with Crippen molar-refractivity contribution in [2.45, 2.75) is 12.3 Å². The van der Waals surface area contributed by atoms with E-state index in [0.29, 0.717) is 29.7 Å². The highest BCUT2D eigenvalue weighted by Gasteiger charge is 2.24. The van der Waals surface area contributed by atoms with Gasteiger partial charge in [0.05, 0.1) is 11.0 Å². The second kappa shape index (κ2) is 14.4. The van der Waals surface area contributed by atoms with Crippen molar-refractivity contribution in [1.29, 1.82) is 0 Å². The summed E-state index contributed by atoms with van der Waals surface area (Å²) in [6.45, 7) is 0. The molecule has 264 valence electrons. The Hall–Kier alpha value is -7.51. The Bertz CT molecular complexity index is 2870. The summed E-state index contributed by atoms with van der Waals surface area (Å²) in [5.74, 6) is 3.31. The molecule has 0 amide bonds. The van der Waals surface area contributed by atoms with Crippen molar-refractivity contribution in [2.24, 2.45) is 0 Å². The smallest absolute Gasteiger partial charge is 0.163 e. The molecule has 3 heterocycles. The SMILES string of the molecule is C1=C(c2ccc(-c3ncc4ccccc4n3)cc2)C=C(c2ccc(-c3ncc4ccccc4n3)cc2)CC1c1nc(-c2ccccc2)nc(-c2ccccc2)n1. The van der Waals surface area contributed by atoms with Gasteiger partial charge < -0.3 is 0 Å². The van der Waals surface area contributed by atoms with Crippen molar-refractivity contribution in [3.8, 4) is 45.6 Å². The second-order valence-electron chi connectivity index (χ2n) is 13.8. The van der Waals surface area contributed by atoms with Gasteiger partial charge >= 0.3 is 0 Å². The molecular weight excluding hydrogens is 687 g/mol. The summed E-state index contributed by atoms with van der Waals surface area (Å²) in [5.41, 5.74) is 10.1. The Morgan fingerprint density at radius 2 is 0.821 bits per heavy atom. The van der Waals surface area contributed by atoms with Crippen LogP contribution in [0.3, 0.4) is 0 Å². The molecule has 0 aliphatic heterocycles. The summed E-state index contributed by atoms with van der Waals surface area (Å²) in [4.78, 5) is 34.2. The molecule has 0 N–H and O–H groups in total. The molecule has 56 heavy (non-hydrogen) atoms. The fourth-order valence-corrected chi connectivity index (χ4v) is 7.21. The van der Waals surface area contributed by atoms with Gasteiger partial charge in [-0.2, -0.15) is 0 Å². The Morgan fingerprint density at radius 1 is 0.375 bits per heavy atom. The summed E-state index contributed by atoms with van der Waals surface area (Å²) >= 11 is 0. The zero-order valence-electron chi connectivity index (χ0n) is 30.2. The highest BCUT2D eigenvalue weighted by molar-refractivity contribution is 5.88. The molecule has 0 radical (unpaired) electrons. The summed E-state index contributed by atoms with van der Waals surface area (Å²) < 4.78 is 0. The lowest BCUT2D eigenvalue weighted by Gasteiger charge is -2.23. The molecule has 3 aromatic heterocycles. The van der Waals surface area contributed by atoms with E-state index in [1.54, 1.807) is 0 Å². The molecule has 0 fully saturated rings. The first kappa shape index (κ1) is 33.1. The van der Waals surface area contributed by atoms with Crippen LogP contribution in [0.1, 0.15) is 29.3 Å². The van der Waals surface area contributed by atoms with Gasteiger partial charge in [0.1, 0.15) is 5.82 Å². The van der Waals surface area contributed by atoms with Gasteiger partial charge in [-0.3, -0.25) is 0 Å². The predicted molar refractivity (Wildman–Crippen MR) is 224 cm³/mol. The van der Waals surface area contributed by atoms with Gasteiger partial charge in [0, 0.05) is 51.3 Å². The van der Waals surface area contributed by atoms with Crippen LogP contribution in [-0.4, -0.2) is 34.9 Å². The first-order valence-corrected chi connectivity index (χ1v) is 18.6. The van der Waals surface area contributed by atoms with Crippen LogP contribution in [0.15, 0.2) is 182 Å². The van der Waals surface area contributed by atoms with Crippen LogP contribution < -0.4 is 0 Å². The molecular formula is C49H33N7. The average Bonchev–Trinajstić information content (AvgIpc) is 3.29. The van der Waals surface area contributed by atoms with E-state index in [1.807, 2.05) is 122 Å². The highest BCUT2D eigenvalue weighted by Crippen LogP contribution is 2.39. The zero-order valence-corrected chi connectivity index (χ0v) is 30.2. The number of nitrogens with zero attached hydrogens (tertiary/aromatic N) is 7. The minimum absolute atomic E-state index is 0.120. The lowest BCUT2D eigenvalue weighted by molar-refractivity contribution is 0.775. The third-order valence-electron chi connectivity index (χ3n) is 10.2. The number of hydrogen-bond acceptors (Lipinski definition) is 7. The maximum absolute atomic E-state index is 5.14. The van der Waals surface area contributed by atoms with Gasteiger partial charge in [0.25, 0.3) is 0 Å². The largest absolute Gasteiger partial charge is 0.236 e. The van der Waals surface area contributed by atoms with Gasteiger partial charge in [-0.05, 0) is 40.8 Å². The third kappa shape index (κ3) is 6.63. The standard InChI is InChI=1S/C49H33N7/c1-3-11-34(12-4-1)47-54-48(35-13-5-2-6-14-35)56-49(55-47)42-28-40(32-19-23-36(24-20-32)45-50-30-38-15-7-9-17-43(38)52-45)27-41(29-42)33-21-25-37(26-22-33)46-51-31-39-16-8-10-18-44(39)53-46/h1-28,30-31,42H,29H2. The number of para-hydroxylation sites is 2. The molecule has 7 heteroatoms. The number of aromatic nitrogens is 7. The fraction of sp³-hybridized carbons (Fsp3) is 0.0408. The van der Waals surface area contributed by atoms with Crippen LogP contribution in [0.5, 0.6) is 0 Å². The minimum atomic E-state index is -0.120. The van der Waals surface area contributed by atoms with E-state index in [2.05, 4.69) is 70.7 Å². The molecule has 0 spiro atoms. The van der Waals surface area contributed by atoms with Crippen molar-refractivity contribution < 1.29 is 0 Å². The van der Waals surface area contributed by atoms with Crippen LogP contribution >= 0.6 is 0 Å². The van der Waals surface area contributed by atoms with E-state index in [0.717, 1.165) is 66.6 Å². The third-order valence-corrected chi connectivity index (χ3v) is 10.2. The topological polar surface area (TPSA) is 90.2 Å². The Kier molecular flexibility index (Phi) is 8.50. The van der Waals surface area contributed by atoms with Crippen molar-refractivity contribution in [1.82, 2.24) is 34.9 Å². The van der Waals surface area contributed by atoms with Crippen LogP contribution in [0, 0.1) is 0 Å². The van der Waals surface area contributed by atoms with Gasteiger partial charge in [-0.1, -0.05) is 158 Å². The van der Waals surface area contributed by atoms with Crippen LogP contribution in [0.25, 0.3) is 78.5 Å². The van der Waals surface area contributed by atoms with Crippen LogP contribution in [-0.2, 0) is 0 Å². The molecule has 10 rings (SSSR count). The minimum Gasteiger partial charge on any atom is -0.236 e. The monoisotopic (exact) mass is 719 g/mol. The fourth-order valence-electron chi connectivity index (χ4n) is 7.21. The van der Waals surface area contributed by atoms with Crippen molar-refractivity contribution >= 4 is 33.0 Å². The van der Waals surface area contributed by atoms with E-state index in [9.17, 15) is 0 Å². The molecule has 9 aromatic rings. The van der Waals surface area contributed by atoms with Gasteiger partial charge in [0.15, 0.2) is 23.3 Å². The van der Waals surface area contributed by atoms with Gasteiger partial charge in [0.2, 0.25) is 0 Å². The number of hydrogen-bond donors (Lipinski definition) is 0. The molecule has 6 aromatic carbocycles. The number of fused-ring (bicyclic) bond motifs is 2. The predicted octanol–water partition coefficient (Wildman–Crippen LogP) is 11.1. The summed E-state index contributed by atoms with van der Waals surface area (Å²) in [6.07, 6.45) is 9.06. The second-order valence-corrected chi connectivity index (χ2v) is 13.8. The maximum atomic E-state index is 5.14. The first-order chi connectivity index (χ1) is 27.7. The molecule has 1 aliphatic rings. The van der Waals surface area contributed by atoms with E-state index in [4.69, 9.17) is 24.9 Å². The van der Waals surface area contributed by atoms with Gasteiger partial charge in [-0.25, -0.2) is 34.9 Å². The molecule has 0 bridgehead atoms. The quantitative estimate of drug-likeness (QED) is 0.162. The lowest BCUT2D eigenvalue weighted by atomic mass is 9.84. The van der Waals surface area contributed by atoms with Gasteiger partial charge in [-0.15, -0.1) is 0 Å². The molecule has 1 atom stereocenters. The number of benzene rings is 6. The van der Waals surface area contributed by atoms with Crippen molar-refractivity contribution in [3.05, 3.63) is 199 Å². The van der Waals surface area contributed by atoms with Crippen LogP contribution in [0.4, 0.5) is 0 Å². The summed E-state index contributed by atoms with van der Waals surface area (Å²) in [5, 5.41) is 2.04. The normalized spacial score (nSPS) is 14.0. The van der Waals surface area contributed by atoms with Crippen molar-refractivity contribution in [2.75, 3.05) is 0 Å². The Morgan fingerprint density at radius 3 is 1.36 bits per heavy atom. The molecule has 1 aliphatic carbocycles. The molecule has 0 saturated carbocycles. The van der Waals surface area contributed by atoms with Crippen LogP contribution in [0.2, 0.25) is 0 Å². The van der Waals surface area contributed by atoms with E-state index < -0.39 is 0 Å². The lowest BCUT2D eigenvalue weighted by Crippen LogP contribution is -2.10. The molecule has 0 saturated heterocycles.